The summed E-state index contributed by atoms with van der Waals surface area (Å²) >= 11 is 3.97. The van der Waals surface area contributed by atoms with Crippen molar-refractivity contribution in [1.82, 2.24) is 14.5 Å². The maximum atomic E-state index is 12.7. The number of methoxy groups -OCH3 is 2. The van der Waals surface area contributed by atoms with E-state index in [9.17, 15) is 14.2 Å². The van der Waals surface area contributed by atoms with Crippen LogP contribution in [0, 0.1) is 6.92 Å². The van der Waals surface area contributed by atoms with Crippen LogP contribution in [0.15, 0.2) is 94.6 Å². The van der Waals surface area contributed by atoms with E-state index in [0.717, 1.165) is 16.7 Å². The number of hydrogen-bond donors (Lipinski definition) is 2. The Balaban J connectivity index is 0.000000727. The smallest absolute Gasteiger partial charge is 0.497 e. The predicted molar refractivity (Wildman–Crippen MR) is 198 cm³/mol. The zero-order valence-corrected chi connectivity index (χ0v) is 31.2. The Labute approximate surface area is 299 Å². The molecule has 4 aromatic rings. The average molecular weight is 725 g/mol. The predicted octanol–water partition coefficient (Wildman–Crippen LogP) is 6.48. The van der Waals surface area contributed by atoms with Crippen LogP contribution in [0.25, 0.3) is 0 Å². The van der Waals surface area contributed by atoms with E-state index < -0.39 is 42.5 Å². The fourth-order valence-corrected chi connectivity index (χ4v) is 6.82. The minimum atomic E-state index is -2.29. The van der Waals surface area contributed by atoms with Crippen LogP contribution < -0.4 is 20.7 Å². The number of benzene rings is 3. The van der Waals surface area contributed by atoms with Gasteiger partial charge in [-0.15, -0.1) is 4.52 Å². The SMILES string of the molecule is CCN(CC)CC.COc1ccc(C(OC[C@H]2O[C@@H](n3cc(C)c(=O)[nH]c3=O)C[C@@H]2O[P+](=O)S)(c2ccccc2)c2ccc(OC)cc2)cc1. The minimum Gasteiger partial charge on any atom is -0.497 e. The van der Waals surface area contributed by atoms with Gasteiger partial charge in [0.05, 0.1) is 20.8 Å². The second-order valence-corrected chi connectivity index (χ2v) is 13.3. The summed E-state index contributed by atoms with van der Waals surface area (Å²) in [4.78, 5) is 29.3. The van der Waals surface area contributed by atoms with Crippen LogP contribution in [0.1, 0.15) is 55.7 Å². The molecule has 0 bridgehead atoms. The van der Waals surface area contributed by atoms with E-state index >= 15 is 0 Å². The molecule has 2 heterocycles. The molecular weight excluding hydrogens is 677 g/mol. The lowest BCUT2D eigenvalue weighted by atomic mass is 9.80. The molecule has 1 aliphatic rings. The van der Waals surface area contributed by atoms with Gasteiger partial charge in [0.15, 0.2) is 0 Å². The molecular formula is C37H47N3O8PS+. The monoisotopic (exact) mass is 724 g/mol. The van der Waals surface area contributed by atoms with E-state index in [-0.39, 0.29) is 13.0 Å². The van der Waals surface area contributed by atoms with Crippen molar-refractivity contribution >= 4 is 19.5 Å². The molecule has 3 aromatic carbocycles. The molecule has 4 atom stereocenters. The third-order valence-corrected chi connectivity index (χ3v) is 9.58. The second-order valence-electron chi connectivity index (χ2n) is 11.7. The molecule has 1 aromatic heterocycles. The Morgan fingerprint density at radius 1 is 0.880 bits per heavy atom. The van der Waals surface area contributed by atoms with Crippen LogP contribution >= 0.6 is 19.5 Å². The third kappa shape index (κ3) is 9.31. The summed E-state index contributed by atoms with van der Waals surface area (Å²) in [5, 5.41) is 0. The maximum absolute atomic E-state index is 12.7. The molecule has 13 heteroatoms. The highest BCUT2D eigenvalue weighted by Crippen LogP contribution is 2.44. The van der Waals surface area contributed by atoms with Gasteiger partial charge in [0, 0.05) is 18.2 Å². The number of H-pyrrole nitrogens is 1. The molecule has 1 saturated heterocycles. The van der Waals surface area contributed by atoms with E-state index in [4.69, 9.17) is 23.5 Å². The second kappa shape index (κ2) is 18.5. The summed E-state index contributed by atoms with van der Waals surface area (Å²) in [5.74, 6) is 1.38. The zero-order valence-electron chi connectivity index (χ0n) is 29.4. The Morgan fingerprint density at radius 2 is 1.40 bits per heavy atom. The molecule has 1 N–H and O–H groups in total. The van der Waals surface area contributed by atoms with Crippen LogP contribution in [-0.4, -0.2) is 67.1 Å². The Morgan fingerprint density at radius 3 is 1.86 bits per heavy atom. The number of hydrogen-bond acceptors (Lipinski definition) is 9. The van der Waals surface area contributed by atoms with Gasteiger partial charge in [-0.25, -0.2) is 4.79 Å². The number of nitrogens with one attached hydrogen (secondary N) is 1. The first kappa shape index (κ1) is 39.0. The third-order valence-electron chi connectivity index (χ3n) is 8.84. The highest BCUT2D eigenvalue weighted by molar-refractivity contribution is 8.39. The van der Waals surface area contributed by atoms with Crippen LogP contribution in [0.5, 0.6) is 11.5 Å². The molecule has 0 amide bonds. The first-order valence-electron chi connectivity index (χ1n) is 16.6. The van der Waals surface area contributed by atoms with Gasteiger partial charge in [-0.2, -0.15) is 0 Å². The topological polar surface area (TPSA) is 121 Å². The molecule has 1 unspecified atom stereocenters. The lowest BCUT2D eigenvalue weighted by Gasteiger charge is -2.37. The first-order chi connectivity index (χ1) is 24.1. The van der Waals surface area contributed by atoms with Gasteiger partial charge in [0.2, 0.25) is 0 Å². The van der Waals surface area contributed by atoms with Crippen LogP contribution in [-0.2, 0) is 24.2 Å². The van der Waals surface area contributed by atoms with Crippen molar-refractivity contribution in [3.8, 4) is 11.5 Å². The molecule has 50 heavy (non-hydrogen) atoms. The van der Waals surface area contributed by atoms with E-state index in [1.54, 1.807) is 21.1 Å². The van der Waals surface area contributed by atoms with Gasteiger partial charge >= 0.3 is 12.9 Å². The van der Waals surface area contributed by atoms with Gasteiger partial charge in [-0.1, -0.05) is 75.4 Å². The number of rotatable bonds is 14. The van der Waals surface area contributed by atoms with Crippen molar-refractivity contribution in [1.29, 1.82) is 0 Å². The van der Waals surface area contributed by atoms with Crippen LogP contribution in [0.4, 0.5) is 0 Å². The quantitative estimate of drug-likeness (QED) is 0.0856. The van der Waals surface area contributed by atoms with E-state index in [2.05, 4.69) is 42.9 Å². The molecule has 0 saturated carbocycles. The highest BCUT2D eigenvalue weighted by atomic mass is 32.7. The van der Waals surface area contributed by atoms with E-state index in [1.165, 1.54) is 30.4 Å². The Bertz CT molecular complexity index is 1730. The van der Waals surface area contributed by atoms with Gasteiger partial charge in [0.1, 0.15) is 47.8 Å². The highest BCUT2D eigenvalue weighted by Gasteiger charge is 2.45. The summed E-state index contributed by atoms with van der Waals surface area (Å²) < 4.78 is 43.1. The lowest BCUT2D eigenvalue weighted by molar-refractivity contribution is -0.0908. The number of nitrogens with zero attached hydrogens (tertiary/aromatic N) is 2. The summed E-state index contributed by atoms with van der Waals surface area (Å²) in [6, 6.07) is 25.0. The molecule has 268 valence electrons. The number of aryl methyl sites for hydroxylation is 1. The lowest BCUT2D eigenvalue weighted by Crippen LogP contribution is -2.38. The molecule has 1 aliphatic heterocycles. The number of aromatic nitrogens is 2. The van der Waals surface area contributed by atoms with Crippen molar-refractivity contribution in [3.63, 3.8) is 0 Å². The number of aromatic amines is 1. The molecule has 0 spiro atoms. The standard InChI is InChI=1S/C31H31N2O8PS.C6H15N/c1-20-18-33(30(35)32-29(20)34)28-17-26(41-42(36)43)27(40-28)19-39-31(21-7-5-4-6-8-21,22-9-13-24(37-2)14-10-22)23-11-15-25(38-3)16-12-23;1-4-7(5-2)6-3/h4-16,18,26-28H,17,19H2,1-3H3,(H-,32,34,35,36,43);4-6H2,1-3H3/p+1/t26-,27+,28+;/m0./s1. The molecule has 1 fully saturated rings. The zero-order chi connectivity index (χ0) is 36.3. The van der Waals surface area contributed by atoms with Crippen molar-refractivity contribution < 1.29 is 28.0 Å². The number of ether oxygens (including phenoxy) is 4. The summed E-state index contributed by atoms with van der Waals surface area (Å²) in [6.45, 7) is 11.7. The summed E-state index contributed by atoms with van der Waals surface area (Å²) in [5.41, 5.74) is 0.630. The normalized spacial score (nSPS) is 17.6. The molecule has 0 radical (unpaired) electrons. The summed E-state index contributed by atoms with van der Waals surface area (Å²) in [6.07, 6.45) is -0.626. The van der Waals surface area contributed by atoms with E-state index in [1.807, 2.05) is 78.9 Å². The van der Waals surface area contributed by atoms with Gasteiger partial charge in [-0.3, -0.25) is 14.3 Å². The van der Waals surface area contributed by atoms with Crippen molar-refractivity contribution in [3.05, 3.63) is 128 Å². The van der Waals surface area contributed by atoms with Gasteiger partial charge in [-0.05, 0) is 72.1 Å². The van der Waals surface area contributed by atoms with E-state index in [0.29, 0.717) is 17.1 Å². The molecule has 0 aliphatic carbocycles. The van der Waals surface area contributed by atoms with Gasteiger partial charge < -0.3 is 23.8 Å². The fourth-order valence-electron chi connectivity index (χ4n) is 6.00. The average Bonchev–Trinajstić information content (AvgIpc) is 3.53. The maximum Gasteiger partial charge on any atom is 0.582 e. The van der Waals surface area contributed by atoms with Crippen molar-refractivity contribution in [2.24, 2.45) is 0 Å². The minimum absolute atomic E-state index is 0.0117. The van der Waals surface area contributed by atoms with Crippen LogP contribution in [0.2, 0.25) is 0 Å². The first-order valence-corrected chi connectivity index (χ1v) is 18.9. The van der Waals surface area contributed by atoms with Gasteiger partial charge in [0.25, 0.3) is 5.56 Å². The largest absolute Gasteiger partial charge is 0.582 e. The number of thiol groups is 1. The fraction of sp³-hybridized carbons (Fsp3) is 0.405. The molecule has 5 rings (SSSR count). The molecule has 11 nitrogen and oxygen atoms in total. The van der Waals surface area contributed by atoms with Crippen molar-refractivity contribution in [2.75, 3.05) is 40.5 Å². The Kier molecular flexibility index (Phi) is 14.4. The van der Waals surface area contributed by atoms with Crippen LogP contribution in [0.3, 0.4) is 0 Å². The van der Waals surface area contributed by atoms with Crippen molar-refractivity contribution in [2.45, 2.75) is 58.2 Å². The summed E-state index contributed by atoms with van der Waals surface area (Å²) in [7, 11) is 0.921. The Hall–Kier alpha value is -3.77.